The molecule has 1 atom stereocenters. The van der Waals surface area contributed by atoms with Crippen molar-refractivity contribution in [2.24, 2.45) is 11.8 Å². The number of carbonyl (C=O) groups excluding carboxylic acids is 2. The van der Waals surface area contributed by atoms with E-state index in [1.807, 2.05) is 0 Å². The van der Waals surface area contributed by atoms with Gasteiger partial charge in [0.2, 0.25) is 0 Å². The fraction of sp³-hybridized carbons (Fsp3) is 0.818. The second kappa shape index (κ2) is 4.54. The molecule has 1 unspecified atom stereocenters. The normalized spacial score (nSPS) is 18.3. The monoisotopic (exact) mass is 182 g/mol. The Labute approximate surface area is 79.7 Å². The van der Waals surface area contributed by atoms with Gasteiger partial charge in [-0.15, -0.1) is 0 Å². The number of hydrogen-bond acceptors (Lipinski definition) is 2. The molecule has 0 aromatic rings. The van der Waals surface area contributed by atoms with Gasteiger partial charge in [-0.25, -0.2) is 0 Å². The predicted molar refractivity (Wildman–Crippen MR) is 51.4 cm³/mol. The van der Waals surface area contributed by atoms with Crippen LogP contribution >= 0.6 is 0 Å². The Hall–Kier alpha value is -0.660. The summed E-state index contributed by atoms with van der Waals surface area (Å²) in [6.07, 6.45) is 4.83. The van der Waals surface area contributed by atoms with Gasteiger partial charge in [0.15, 0.2) is 0 Å². The molecule has 0 spiro atoms. The van der Waals surface area contributed by atoms with Crippen LogP contribution in [0.5, 0.6) is 0 Å². The first-order valence-corrected chi connectivity index (χ1v) is 5.21. The smallest absolute Gasteiger partial charge is 0.146 e. The van der Waals surface area contributed by atoms with Crippen molar-refractivity contribution in [3.63, 3.8) is 0 Å². The van der Waals surface area contributed by atoms with Crippen molar-refractivity contribution >= 4 is 11.6 Å². The lowest BCUT2D eigenvalue weighted by atomic mass is 9.91. The number of ketones is 2. The minimum atomic E-state index is -0.285. The van der Waals surface area contributed by atoms with E-state index in [-0.39, 0.29) is 23.4 Å². The third-order valence-corrected chi connectivity index (χ3v) is 2.66. The van der Waals surface area contributed by atoms with Gasteiger partial charge in [-0.3, -0.25) is 9.59 Å². The highest BCUT2D eigenvalue weighted by Gasteiger charge is 2.36. The molecule has 0 heterocycles. The summed E-state index contributed by atoms with van der Waals surface area (Å²) in [6.45, 7) is 3.62. The van der Waals surface area contributed by atoms with Gasteiger partial charge in [-0.1, -0.05) is 19.8 Å². The Balaban J connectivity index is 2.45. The Morgan fingerprint density at radius 3 is 2.38 bits per heavy atom. The van der Waals surface area contributed by atoms with Crippen molar-refractivity contribution in [2.75, 3.05) is 0 Å². The molecule has 0 N–H and O–H groups in total. The molecule has 1 saturated carbocycles. The topological polar surface area (TPSA) is 34.1 Å². The molecule has 0 aliphatic heterocycles. The zero-order valence-electron chi connectivity index (χ0n) is 8.51. The Morgan fingerprint density at radius 2 is 2.00 bits per heavy atom. The van der Waals surface area contributed by atoms with Crippen LogP contribution in [0.15, 0.2) is 0 Å². The summed E-state index contributed by atoms with van der Waals surface area (Å²) in [6, 6.07) is 0. The average Bonchev–Trinajstić information content (AvgIpc) is 2.86. The molecule has 74 valence electrons. The molecule has 1 aliphatic rings. The maximum atomic E-state index is 11.6. The summed E-state index contributed by atoms with van der Waals surface area (Å²) in [4.78, 5) is 22.8. The van der Waals surface area contributed by atoms with E-state index in [4.69, 9.17) is 0 Å². The minimum Gasteiger partial charge on any atom is -0.299 e. The summed E-state index contributed by atoms with van der Waals surface area (Å²) in [5, 5.41) is 0. The average molecular weight is 182 g/mol. The zero-order chi connectivity index (χ0) is 9.84. The lowest BCUT2D eigenvalue weighted by Crippen LogP contribution is -2.23. The maximum Gasteiger partial charge on any atom is 0.146 e. The molecule has 0 amide bonds. The molecule has 1 fully saturated rings. The van der Waals surface area contributed by atoms with E-state index >= 15 is 0 Å². The lowest BCUT2D eigenvalue weighted by Gasteiger charge is -2.10. The summed E-state index contributed by atoms with van der Waals surface area (Å²) < 4.78 is 0. The van der Waals surface area contributed by atoms with E-state index in [0.29, 0.717) is 0 Å². The Kier molecular flexibility index (Phi) is 3.64. The van der Waals surface area contributed by atoms with E-state index in [1.165, 1.54) is 0 Å². The third kappa shape index (κ3) is 2.94. The summed E-state index contributed by atoms with van der Waals surface area (Å²) >= 11 is 0. The van der Waals surface area contributed by atoms with Crippen LogP contribution in [-0.4, -0.2) is 11.6 Å². The van der Waals surface area contributed by atoms with Gasteiger partial charge in [0.25, 0.3) is 0 Å². The summed E-state index contributed by atoms with van der Waals surface area (Å²) in [7, 11) is 0. The van der Waals surface area contributed by atoms with Gasteiger partial charge in [-0.05, 0) is 26.2 Å². The summed E-state index contributed by atoms with van der Waals surface area (Å²) in [5.74, 6) is 0.213. The van der Waals surface area contributed by atoms with Gasteiger partial charge in [0.05, 0.1) is 5.92 Å². The van der Waals surface area contributed by atoms with Gasteiger partial charge >= 0.3 is 0 Å². The standard InChI is InChI=1S/C11H18O2/c1-3-4-5-10(8(2)12)11(13)9-6-7-9/h9-10H,3-7H2,1-2H3. The van der Waals surface area contributed by atoms with E-state index < -0.39 is 0 Å². The number of rotatable bonds is 6. The molecule has 0 aromatic carbocycles. The first-order valence-electron chi connectivity index (χ1n) is 5.21. The lowest BCUT2D eigenvalue weighted by molar-refractivity contribution is -0.132. The van der Waals surface area contributed by atoms with Crippen LogP contribution in [0, 0.1) is 11.8 Å². The quantitative estimate of drug-likeness (QED) is 0.591. The maximum absolute atomic E-state index is 11.6. The van der Waals surface area contributed by atoms with E-state index in [1.54, 1.807) is 6.92 Å². The molecule has 0 aromatic heterocycles. The number of carbonyl (C=O) groups is 2. The zero-order valence-corrected chi connectivity index (χ0v) is 8.51. The van der Waals surface area contributed by atoms with Crippen LogP contribution in [0.3, 0.4) is 0 Å². The molecule has 0 bridgehead atoms. The van der Waals surface area contributed by atoms with E-state index in [0.717, 1.165) is 32.1 Å². The van der Waals surface area contributed by atoms with Crippen molar-refractivity contribution < 1.29 is 9.59 Å². The van der Waals surface area contributed by atoms with Gasteiger partial charge < -0.3 is 0 Å². The van der Waals surface area contributed by atoms with Crippen LogP contribution in [0.1, 0.15) is 46.0 Å². The molecule has 1 rings (SSSR count). The Bertz CT molecular complexity index is 204. The highest BCUT2D eigenvalue weighted by Crippen LogP contribution is 2.33. The van der Waals surface area contributed by atoms with Gasteiger partial charge in [-0.2, -0.15) is 0 Å². The number of Topliss-reactive ketones (excluding diaryl/α,β-unsaturated/α-hetero) is 2. The molecule has 2 heteroatoms. The third-order valence-electron chi connectivity index (χ3n) is 2.66. The molecule has 0 saturated heterocycles. The molecule has 1 aliphatic carbocycles. The van der Waals surface area contributed by atoms with Crippen molar-refractivity contribution in [3.8, 4) is 0 Å². The minimum absolute atomic E-state index is 0.0605. The fourth-order valence-electron chi connectivity index (χ4n) is 1.61. The fourth-order valence-corrected chi connectivity index (χ4v) is 1.61. The van der Waals surface area contributed by atoms with E-state index in [9.17, 15) is 9.59 Å². The number of unbranched alkanes of at least 4 members (excludes halogenated alkanes) is 1. The highest BCUT2D eigenvalue weighted by molar-refractivity contribution is 6.03. The van der Waals surface area contributed by atoms with Crippen molar-refractivity contribution in [1.29, 1.82) is 0 Å². The predicted octanol–water partition coefficient (Wildman–Crippen LogP) is 2.36. The SMILES string of the molecule is CCCCC(C(C)=O)C(=O)C1CC1. The van der Waals surface area contributed by atoms with Gasteiger partial charge in [0, 0.05) is 5.92 Å². The second-order valence-electron chi connectivity index (χ2n) is 3.98. The second-order valence-corrected chi connectivity index (χ2v) is 3.98. The molecular weight excluding hydrogens is 164 g/mol. The van der Waals surface area contributed by atoms with Crippen molar-refractivity contribution in [2.45, 2.75) is 46.0 Å². The van der Waals surface area contributed by atoms with Crippen LogP contribution in [0.4, 0.5) is 0 Å². The van der Waals surface area contributed by atoms with Crippen molar-refractivity contribution in [1.82, 2.24) is 0 Å². The molecule has 0 radical (unpaired) electrons. The highest BCUT2D eigenvalue weighted by atomic mass is 16.1. The molecule has 13 heavy (non-hydrogen) atoms. The van der Waals surface area contributed by atoms with Crippen LogP contribution in [-0.2, 0) is 9.59 Å². The van der Waals surface area contributed by atoms with Crippen LogP contribution in [0.25, 0.3) is 0 Å². The summed E-state index contributed by atoms with van der Waals surface area (Å²) in [5.41, 5.74) is 0. The number of hydrogen-bond donors (Lipinski definition) is 0. The van der Waals surface area contributed by atoms with Crippen LogP contribution < -0.4 is 0 Å². The van der Waals surface area contributed by atoms with Gasteiger partial charge in [0.1, 0.15) is 11.6 Å². The molecule has 2 nitrogen and oxygen atoms in total. The first-order chi connectivity index (χ1) is 6.16. The van der Waals surface area contributed by atoms with Crippen LogP contribution in [0.2, 0.25) is 0 Å². The Morgan fingerprint density at radius 1 is 1.38 bits per heavy atom. The molecular formula is C11H18O2. The van der Waals surface area contributed by atoms with E-state index in [2.05, 4.69) is 6.92 Å². The largest absolute Gasteiger partial charge is 0.299 e. The van der Waals surface area contributed by atoms with Crippen molar-refractivity contribution in [3.05, 3.63) is 0 Å². The first kappa shape index (κ1) is 10.4.